The molecule has 0 aliphatic carbocycles. The van der Waals surface area contributed by atoms with Crippen LogP contribution < -0.4 is 5.43 Å². The number of halogens is 2. The number of aromatic amines is 1. The minimum atomic E-state index is -3.90. The van der Waals surface area contributed by atoms with Crippen LogP contribution in [0.2, 0.25) is 10.0 Å². The minimum absolute atomic E-state index is 0.0344. The van der Waals surface area contributed by atoms with Gasteiger partial charge in [-0.3, -0.25) is 4.79 Å². The maximum Gasteiger partial charge on any atom is 0.248 e. The molecule has 1 N–H and O–H groups in total. The highest BCUT2D eigenvalue weighted by Crippen LogP contribution is 2.23. The van der Waals surface area contributed by atoms with Gasteiger partial charge in [0.1, 0.15) is 4.90 Å². The molecule has 0 radical (unpaired) electrons. The van der Waals surface area contributed by atoms with Crippen molar-refractivity contribution < 1.29 is 8.42 Å². The van der Waals surface area contributed by atoms with Crippen molar-refractivity contribution in [3.8, 4) is 0 Å². The van der Waals surface area contributed by atoms with Crippen LogP contribution in [0.15, 0.2) is 46.3 Å². The number of pyridine rings is 1. The van der Waals surface area contributed by atoms with E-state index in [9.17, 15) is 13.2 Å². The minimum Gasteiger partial charge on any atom is -0.366 e. The van der Waals surface area contributed by atoms with Crippen molar-refractivity contribution >= 4 is 33.2 Å². The molecule has 5 nitrogen and oxygen atoms in total. The van der Waals surface area contributed by atoms with Crippen LogP contribution in [0, 0.1) is 0 Å². The molecular weight excluding hydrogens is 335 g/mol. The summed E-state index contributed by atoms with van der Waals surface area (Å²) in [6, 6.07) is 5.97. The molecule has 0 bridgehead atoms. The van der Waals surface area contributed by atoms with Gasteiger partial charge in [0, 0.05) is 42.1 Å². The summed E-state index contributed by atoms with van der Waals surface area (Å²) in [6.07, 6.45) is 2.54. The van der Waals surface area contributed by atoms with Gasteiger partial charge in [0.25, 0.3) is 0 Å². The van der Waals surface area contributed by atoms with E-state index >= 15 is 0 Å². The van der Waals surface area contributed by atoms with Crippen LogP contribution in [0.4, 0.5) is 0 Å². The SMILES string of the molecule is CN(Cc1ccc(Cl)cc1Cl)S(=O)(=O)c1c[nH]ccc1=O. The molecule has 2 aromatic rings. The summed E-state index contributed by atoms with van der Waals surface area (Å²) < 4.78 is 25.8. The van der Waals surface area contributed by atoms with Gasteiger partial charge < -0.3 is 4.98 Å². The highest BCUT2D eigenvalue weighted by Gasteiger charge is 2.24. The van der Waals surface area contributed by atoms with Crippen molar-refractivity contribution in [1.29, 1.82) is 0 Å². The molecule has 0 atom stereocenters. The predicted molar refractivity (Wildman–Crippen MR) is 82.2 cm³/mol. The van der Waals surface area contributed by atoms with E-state index in [0.717, 1.165) is 16.6 Å². The number of hydrogen-bond donors (Lipinski definition) is 1. The molecule has 8 heteroatoms. The normalized spacial score (nSPS) is 11.8. The molecule has 0 unspecified atom stereocenters. The Morgan fingerprint density at radius 1 is 1.24 bits per heavy atom. The van der Waals surface area contributed by atoms with Crippen LogP contribution in [0.25, 0.3) is 0 Å². The molecule has 1 aromatic carbocycles. The molecule has 0 saturated carbocycles. The molecule has 21 heavy (non-hydrogen) atoms. The number of H-pyrrole nitrogens is 1. The fraction of sp³-hybridized carbons (Fsp3) is 0.154. The highest BCUT2D eigenvalue weighted by atomic mass is 35.5. The maximum absolute atomic E-state index is 12.4. The van der Waals surface area contributed by atoms with E-state index in [1.54, 1.807) is 12.1 Å². The number of aromatic nitrogens is 1. The van der Waals surface area contributed by atoms with Crippen molar-refractivity contribution in [2.24, 2.45) is 0 Å². The number of nitrogens with zero attached hydrogens (tertiary/aromatic N) is 1. The van der Waals surface area contributed by atoms with E-state index in [1.807, 2.05) is 0 Å². The van der Waals surface area contributed by atoms with Gasteiger partial charge in [-0.1, -0.05) is 29.3 Å². The Hall–Kier alpha value is -1.34. The third-order valence-electron chi connectivity index (χ3n) is 2.88. The first-order chi connectivity index (χ1) is 9.82. The predicted octanol–water partition coefficient (Wildman–Crippen LogP) is 2.50. The van der Waals surface area contributed by atoms with Crippen LogP contribution in [-0.2, 0) is 16.6 Å². The third-order valence-corrected chi connectivity index (χ3v) is 5.30. The fourth-order valence-corrected chi connectivity index (χ4v) is 3.40. The molecule has 0 amide bonds. The number of benzene rings is 1. The Morgan fingerprint density at radius 2 is 1.95 bits per heavy atom. The van der Waals surface area contributed by atoms with Gasteiger partial charge in [-0.25, -0.2) is 8.42 Å². The number of nitrogens with one attached hydrogen (secondary N) is 1. The summed E-state index contributed by atoms with van der Waals surface area (Å²) >= 11 is 11.8. The van der Waals surface area contributed by atoms with E-state index < -0.39 is 15.5 Å². The Kier molecular flexibility index (Phi) is 4.73. The summed E-state index contributed by atoms with van der Waals surface area (Å²) in [5, 5.41) is 0.834. The monoisotopic (exact) mass is 346 g/mol. The van der Waals surface area contributed by atoms with Gasteiger partial charge in [0.05, 0.1) is 0 Å². The zero-order valence-corrected chi connectivity index (χ0v) is 13.3. The summed E-state index contributed by atoms with van der Waals surface area (Å²) in [6.45, 7) is 0.0344. The molecule has 0 aliphatic heterocycles. The van der Waals surface area contributed by atoms with E-state index in [0.29, 0.717) is 15.6 Å². The van der Waals surface area contributed by atoms with Gasteiger partial charge in [-0.2, -0.15) is 4.31 Å². The molecule has 0 saturated heterocycles. The van der Waals surface area contributed by atoms with Crippen LogP contribution in [0.5, 0.6) is 0 Å². The topological polar surface area (TPSA) is 70.2 Å². The lowest BCUT2D eigenvalue weighted by Gasteiger charge is -2.17. The molecule has 0 aliphatic rings. The second kappa shape index (κ2) is 6.19. The number of sulfonamides is 1. The lowest BCUT2D eigenvalue weighted by molar-refractivity contribution is 0.466. The van der Waals surface area contributed by atoms with Crippen LogP contribution in [0.1, 0.15) is 5.56 Å². The molecule has 112 valence electrons. The first-order valence-corrected chi connectivity index (χ1v) is 8.09. The first kappa shape index (κ1) is 16.0. The largest absolute Gasteiger partial charge is 0.366 e. The zero-order valence-electron chi connectivity index (χ0n) is 11.0. The zero-order chi connectivity index (χ0) is 15.6. The van der Waals surface area contributed by atoms with E-state index in [-0.39, 0.29) is 11.4 Å². The molecular formula is C13H12Cl2N2O3S. The molecule has 1 heterocycles. The summed E-state index contributed by atoms with van der Waals surface area (Å²) in [7, 11) is -2.52. The fourth-order valence-electron chi connectivity index (χ4n) is 1.75. The summed E-state index contributed by atoms with van der Waals surface area (Å²) in [5.74, 6) is 0. The standard InChI is InChI=1S/C13H12Cl2N2O3S/c1-17(8-9-2-3-10(14)6-11(9)15)21(19,20)13-7-16-5-4-12(13)18/h2-7H,8H2,1H3,(H,16,18). The number of hydrogen-bond acceptors (Lipinski definition) is 3. The molecule has 1 aromatic heterocycles. The number of rotatable bonds is 4. The lowest BCUT2D eigenvalue weighted by atomic mass is 10.2. The molecule has 2 rings (SSSR count). The molecule has 0 spiro atoms. The van der Waals surface area contributed by atoms with Crippen LogP contribution in [-0.4, -0.2) is 24.8 Å². The summed E-state index contributed by atoms with van der Waals surface area (Å²) in [5.41, 5.74) is 0.0299. The maximum atomic E-state index is 12.4. The quantitative estimate of drug-likeness (QED) is 0.924. The van der Waals surface area contributed by atoms with Crippen LogP contribution in [0.3, 0.4) is 0 Å². The average molecular weight is 347 g/mol. The average Bonchev–Trinajstić information content (AvgIpc) is 2.42. The Morgan fingerprint density at radius 3 is 2.57 bits per heavy atom. The van der Waals surface area contributed by atoms with Crippen molar-refractivity contribution in [1.82, 2.24) is 9.29 Å². The van der Waals surface area contributed by atoms with Gasteiger partial charge in [0.2, 0.25) is 15.5 Å². The Labute approximate surface area is 132 Å². The smallest absolute Gasteiger partial charge is 0.248 e. The van der Waals surface area contributed by atoms with Crippen molar-refractivity contribution in [3.05, 3.63) is 62.5 Å². The third kappa shape index (κ3) is 3.47. The van der Waals surface area contributed by atoms with Gasteiger partial charge in [-0.05, 0) is 17.7 Å². The Bertz CT molecular complexity index is 818. The highest BCUT2D eigenvalue weighted by molar-refractivity contribution is 7.89. The summed E-state index contributed by atoms with van der Waals surface area (Å²) in [4.78, 5) is 14.0. The van der Waals surface area contributed by atoms with Gasteiger partial charge in [-0.15, -0.1) is 0 Å². The van der Waals surface area contributed by atoms with Crippen LogP contribution >= 0.6 is 23.2 Å². The van der Waals surface area contributed by atoms with E-state index in [1.165, 1.54) is 19.3 Å². The van der Waals surface area contributed by atoms with Gasteiger partial charge >= 0.3 is 0 Å². The second-order valence-electron chi connectivity index (χ2n) is 4.37. The Balaban J connectivity index is 2.33. The van der Waals surface area contributed by atoms with Crippen molar-refractivity contribution in [2.45, 2.75) is 11.4 Å². The van der Waals surface area contributed by atoms with Crippen molar-refractivity contribution in [3.63, 3.8) is 0 Å². The van der Waals surface area contributed by atoms with E-state index in [2.05, 4.69) is 4.98 Å². The second-order valence-corrected chi connectivity index (χ2v) is 7.23. The molecule has 0 fully saturated rings. The van der Waals surface area contributed by atoms with E-state index in [4.69, 9.17) is 23.2 Å². The van der Waals surface area contributed by atoms with Crippen molar-refractivity contribution in [2.75, 3.05) is 7.05 Å². The lowest BCUT2D eigenvalue weighted by Crippen LogP contribution is -2.30. The first-order valence-electron chi connectivity index (χ1n) is 5.90. The van der Waals surface area contributed by atoms with Gasteiger partial charge in [0.15, 0.2) is 0 Å².